The number of hydrogen-bond donors (Lipinski definition) is 4. The summed E-state index contributed by atoms with van der Waals surface area (Å²) in [4.78, 5) is 12.4. The maximum atomic E-state index is 12.6. The van der Waals surface area contributed by atoms with Gasteiger partial charge in [-0.15, -0.1) is 0 Å². The van der Waals surface area contributed by atoms with Crippen molar-refractivity contribution in [3.05, 3.63) is 119 Å². The number of alkyl halides is 1. The molecular weight excluding hydrogens is 577 g/mol. The van der Waals surface area contributed by atoms with Crippen molar-refractivity contribution in [2.24, 2.45) is 5.92 Å². The molecule has 0 saturated carbocycles. The Morgan fingerprint density at radius 2 is 1.67 bits per heavy atom. The molecule has 4 aromatic rings. The van der Waals surface area contributed by atoms with E-state index in [1.54, 1.807) is 60.7 Å². The molecule has 6 rings (SSSR count). The summed E-state index contributed by atoms with van der Waals surface area (Å²) in [6.45, 7) is 4.72. The largest absolute Gasteiger partial charge is 0.508 e. The monoisotopic (exact) mass is 613 g/mol. The highest BCUT2D eigenvalue weighted by Crippen LogP contribution is 2.47. The molecule has 1 unspecified atom stereocenters. The molecule has 45 heavy (non-hydrogen) atoms. The number of benzene rings is 4. The first-order chi connectivity index (χ1) is 21.7. The fraction of sp³-hybridized carbons (Fsp3) is 0.250. The van der Waals surface area contributed by atoms with Crippen molar-refractivity contribution >= 4 is 17.1 Å². The Morgan fingerprint density at radius 1 is 0.956 bits per heavy atom. The van der Waals surface area contributed by atoms with E-state index in [0.717, 1.165) is 53.2 Å². The molecular formula is C36H36FNO7. The molecule has 0 bridgehead atoms. The predicted molar refractivity (Wildman–Crippen MR) is 169 cm³/mol. The fourth-order valence-corrected chi connectivity index (χ4v) is 5.48. The molecule has 2 aliphatic heterocycles. The third kappa shape index (κ3) is 7.63. The molecule has 0 aliphatic carbocycles. The van der Waals surface area contributed by atoms with E-state index in [-0.39, 0.29) is 30.2 Å². The van der Waals surface area contributed by atoms with E-state index in [0.29, 0.717) is 17.9 Å². The van der Waals surface area contributed by atoms with Crippen LogP contribution < -0.4 is 9.47 Å². The number of halogens is 1. The Bertz CT molecular complexity index is 1640. The summed E-state index contributed by atoms with van der Waals surface area (Å²) >= 11 is 0. The second-order valence-electron chi connectivity index (χ2n) is 11.1. The van der Waals surface area contributed by atoms with Crippen molar-refractivity contribution < 1.29 is 39.1 Å². The number of hydrogen-bond acceptors (Lipinski definition) is 7. The summed E-state index contributed by atoms with van der Waals surface area (Å²) < 4.78 is 24.9. The molecule has 2 aliphatic rings. The van der Waals surface area contributed by atoms with Gasteiger partial charge in [-0.2, -0.15) is 0 Å². The Hall–Kier alpha value is -4.86. The minimum absolute atomic E-state index is 0.176. The Labute approximate surface area is 261 Å². The number of carbonyl (C=O) groups is 1. The van der Waals surface area contributed by atoms with E-state index in [2.05, 4.69) is 4.90 Å². The zero-order valence-electron chi connectivity index (χ0n) is 24.8. The van der Waals surface area contributed by atoms with Gasteiger partial charge in [0.1, 0.15) is 35.7 Å². The number of ether oxygens (including phenoxy) is 2. The summed E-state index contributed by atoms with van der Waals surface area (Å²) in [5, 5.41) is 37.5. The lowest BCUT2D eigenvalue weighted by Crippen LogP contribution is -2.49. The van der Waals surface area contributed by atoms with E-state index in [9.17, 15) is 19.4 Å². The van der Waals surface area contributed by atoms with Crippen LogP contribution in [0.4, 0.5) is 4.39 Å². The van der Waals surface area contributed by atoms with Crippen LogP contribution >= 0.6 is 0 Å². The van der Waals surface area contributed by atoms with Gasteiger partial charge in [-0.1, -0.05) is 54.6 Å². The lowest BCUT2D eigenvalue weighted by atomic mass is 9.86. The molecule has 8 nitrogen and oxygen atoms in total. The van der Waals surface area contributed by atoms with Crippen molar-refractivity contribution in [2.45, 2.75) is 19.1 Å². The Balaban J connectivity index is 0.000000309. The first-order valence-electron chi connectivity index (χ1n) is 14.7. The van der Waals surface area contributed by atoms with Crippen LogP contribution in [0.15, 0.2) is 97.1 Å². The van der Waals surface area contributed by atoms with Crippen LogP contribution in [0.25, 0.3) is 11.1 Å². The van der Waals surface area contributed by atoms with Gasteiger partial charge in [-0.05, 0) is 71.7 Å². The van der Waals surface area contributed by atoms with Gasteiger partial charge in [0.25, 0.3) is 0 Å². The summed E-state index contributed by atoms with van der Waals surface area (Å²) in [6, 6.07) is 28.3. The van der Waals surface area contributed by atoms with E-state index in [4.69, 9.17) is 19.7 Å². The molecule has 1 fully saturated rings. The van der Waals surface area contributed by atoms with Crippen molar-refractivity contribution in [2.75, 3.05) is 32.9 Å². The number of phenols is 2. The van der Waals surface area contributed by atoms with E-state index >= 15 is 0 Å². The van der Waals surface area contributed by atoms with E-state index in [1.165, 1.54) is 0 Å². The highest BCUT2D eigenvalue weighted by atomic mass is 19.1. The van der Waals surface area contributed by atoms with Crippen LogP contribution in [0, 0.1) is 5.92 Å². The van der Waals surface area contributed by atoms with Gasteiger partial charge >= 0.3 is 5.97 Å². The predicted octanol–water partition coefficient (Wildman–Crippen LogP) is 6.25. The number of aliphatic hydroxyl groups excluding tert-OH is 1. The number of rotatable bonds is 9. The molecule has 4 N–H and O–H groups in total. The number of aromatic hydroxyl groups is 2. The maximum absolute atomic E-state index is 12.6. The van der Waals surface area contributed by atoms with Crippen LogP contribution in [0.2, 0.25) is 0 Å². The molecule has 1 saturated heterocycles. The second kappa shape index (κ2) is 14.3. The first kappa shape index (κ1) is 31.6. The average Bonchev–Trinajstić information content (AvgIpc) is 3.03. The number of phenolic OH excluding ortho intramolecular Hbond substituents is 2. The molecule has 0 radical (unpaired) electrons. The van der Waals surface area contributed by atoms with Crippen molar-refractivity contribution in [1.29, 1.82) is 0 Å². The number of carboxylic acids is 1. The first-order valence-corrected chi connectivity index (χ1v) is 14.7. The van der Waals surface area contributed by atoms with Gasteiger partial charge < -0.3 is 29.9 Å². The smallest absolute Gasteiger partial charge is 0.337 e. The lowest BCUT2D eigenvalue weighted by Gasteiger charge is -2.37. The normalized spacial score (nSPS) is 16.8. The van der Waals surface area contributed by atoms with Crippen LogP contribution in [0.5, 0.6) is 23.0 Å². The van der Waals surface area contributed by atoms with Gasteiger partial charge in [0, 0.05) is 36.7 Å². The zero-order chi connectivity index (χ0) is 31.9. The van der Waals surface area contributed by atoms with Gasteiger partial charge in [-0.25, -0.2) is 4.79 Å². The highest BCUT2D eigenvalue weighted by molar-refractivity contribution is 5.95. The highest BCUT2D eigenvalue weighted by Gasteiger charge is 2.30. The number of nitrogens with zero attached hydrogens (tertiary/aromatic N) is 1. The summed E-state index contributed by atoms with van der Waals surface area (Å²) in [7, 11) is 0. The maximum Gasteiger partial charge on any atom is 0.337 e. The molecule has 4 aromatic carbocycles. The summed E-state index contributed by atoms with van der Waals surface area (Å²) in [6.07, 6.45) is -1.79. The molecule has 2 atom stereocenters. The topological polar surface area (TPSA) is 120 Å². The van der Waals surface area contributed by atoms with Gasteiger partial charge in [0.05, 0.1) is 6.67 Å². The third-order valence-corrected chi connectivity index (χ3v) is 7.89. The number of likely N-dealkylation sites (tertiary alicyclic amines) is 1. The standard InChI is InChI=1S/C28H28FNO4.C8H8O3/c1-18-25-14-23(32)7-10-26(25)34-28(27(18)21-3-2-4-22(31)13-21)20-5-8-24(9-6-20)33-12-11-30-16-19(15-29)17-30;9-7(8(10)11)6-4-2-1-3-5-6/h2-10,13-14,19,28,31-32H,11-12,15-17H2,1H3;1-5,7,9H,(H,10,11)/t28-;/m0./s1. The second-order valence-corrected chi connectivity index (χ2v) is 11.1. The Morgan fingerprint density at radius 3 is 2.33 bits per heavy atom. The summed E-state index contributed by atoms with van der Waals surface area (Å²) in [5.74, 6) is 0.785. The minimum atomic E-state index is -1.41. The van der Waals surface area contributed by atoms with Crippen LogP contribution in [0.1, 0.15) is 41.4 Å². The minimum Gasteiger partial charge on any atom is -0.508 e. The summed E-state index contributed by atoms with van der Waals surface area (Å²) in [5.41, 5.74) is 4.96. The number of fused-ring (bicyclic) bond motifs is 1. The van der Waals surface area contributed by atoms with Gasteiger partial charge in [0.15, 0.2) is 6.10 Å². The molecule has 0 aromatic heterocycles. The van der Waals surface area contributed by atoms with Crippen LogP contribution in [0.3, 0.4) is 0 Å². The van der Waals surface area contributed by atoms with Gasteiger partial charge in [-0.3, -0.25) is 9.29 Å². The number of aliphatic hydroxyl groups is 1. The average molecular weight is 614 g/mol. The van der Waals surface area contributed by atoms with Gasteiger partial charge in [0.2, 0.25) is 0 Å². The number of allylic oxidation sites excluding steroid dienone is 1. The quantitative estimate of drug-likeness (QED) is 0.175. The van der Waals surface area contributed by atoms with Crippen molar-refractivity contribution in [3.8, 4) is 23.0 Å². The molecule has 0 amide bonds. The molecule has 0 spiro atoms. The van der Waals surface area contributed by atoms with E-state index in [1.807, 2.05) is 43.3 Å². The van der Waals surface area contributed by atoms with Crippen LogP contribution in [-0.4, -0.2) is 64.2 Å². The molecule has 234 valence electrons. The Kier molecular flexibility index (Phi) is 10.0. The number of carboxylic acid groups (broad SMARTS) is 1. The lowest BCUT2D eigenvalue weighted by molar-refractivity contribution is -0.146. The third-order valence-electron chi connectivity index (χ3n) is 7.89. The SMILES string of the molecule is CC1=C(c2cccc(O)c2)[C@H](c2ccc(OCCN3CC(CF)C3)cc2)Oc2ccc(O)cc21.O=C(O)C(O)c1ccccc1. The number of aliphatic carboxylic acids is 1. The van der Waals surface area contributed by atoms with Crippen LogP contribution in [-0.2, 0) is 4.79 Å². The molecule has 9 heteroatoms. The van der Waals surface area contributed by atoms with E-state index < -0.39 is 12.1 Å². The zero-order valence-corrected chi connectivity index (χ0v) is 24.8. The van der Waals surface area contributed by atoms with Crippen molar-refractivity contribution in [1.82, 2.24) is 4.90 Å². The van der Waals surface area contributed by atoms with Crippen molar-refractivity contribution in [3.63, 3.8) is 0 Å². The fourth-order valence-electron chi connectivity index (χ4n) is 5.48. The molecule has 2 heterocycles.